The zero-order valence-electron chi connectivity index (χ0n) is 11.4. The summed E-state index contributed by atoms with van der Waals surface area (Å²) in [6.07, 6.45) is 0.734. The zero-order chi connectivity index (χ0) is 13.2. The molecule has 1 saturated heterocycles. The molecule has 1 aromatic carbocycles. The van der Waals surface area contributed by atoms with Gasteiger partial charge in [-0.15, -0.1) is 0 Å². The molecule has 3 rings (SSSR count). The summed E-state index contributed by atoms with van der Waals surface area (Å²) >= 11 is 0. The minimum absolute atomic E-state index is 0.360. The number of nitrogens with one attached hydrogen (secondary N) is 1. The number of benzene rings is 1. The average molecular weight is 257 g/mol. The molecule has 2 heterocycles. The number of aromatic nitrogens is 2. The van der Waals surface area contributed by atoms with Gasteiger partial charge in [0, 0.05) is 13.0 Å². The predicted octanol–water partition coefficient (Wildman–Crippen LogP) is 2.29. The molecule has 1 aromatic heterocycles. The lowest BCUT2D eigenvalue weighted by Gasteiger charge is -2.07. The molecular formula is C15H19N3O. The fourth-order valence-electron chi connectivity index (χ4n) is 2.52. The molecule has 19 heavy (non-hydrogen) atoms. The van der Waals surface area contributed by atoms with Crippen molar-refractivity contribution in [2.45, 2.75) is 26.2 Å². The fraction of sp³-hybridized carbons (Fsp3) is 0.467. The van der Waals surface area contributed by atoms with Crippen molar-refractivity contribution in [1.29, 1.82) is 0 Å². The minimum atomic E-state index is 0.360. The number of hydrogen-bond acceptors (Lipinski definition) is 4. The van der Waals surface area contributed by atoms with Crippen molar-refractivity contribution >= 4 is 0 Å². The molecule has 1 N–H and O–H groups in total. The number of hydrogen-bond donors (Lipinski definition) is 1. The van der Waals surface area contributed by atoms with Gasteiger partial charge in [0.15, 0.2) is 5.82 Å². The Kier molecular flexibility index (Phi) is 3.34. The van der Waals surface area contributed by atoms with Gasteiger partial charge in [-0.25, -0.2) is 0 Å². The van der Waals surface area contributed by atoms with Crippen LogP contribution in [0.1, 0.15) is 35.7 Å². The normalized spacial score (nSPS) is 22.8. The minimum Gasteiger partial charge on any atom is -0.339 e. The second-order valence-electron chi connectivity index (χ2n) is 5.45. The Morgan fingerprint density at radius 2 is 2.05 bits per heavy atom. The van der Waals surface area contributed by atoms with Gasteiger partial charge in [0.2, 0.25) is 5.89 Å². The smallest absolute Gasteiger partial charge is 0.231 e. The second-order valence-corrected chi connectivity index (χ2v) is 5.45. The fourth-order valence-corrected chi connectivity index (χ4v) is 2.52. The van der Waals surface area contributed by atoms with E-state index in [1.807, 2.05) is 0 Å². The van der Waals surface area contributed by atoms with Gasteiger partial charge in [-0.3, -0.25) is 0 Å². The Bertz CT molecular complexity index is 547. The first-order valence-corrected chi connectivity index (χ1v) is 6.81. The molecule has 1 aliphatic rings. The number of rotatable bonds is 3. The number of nitrogens with zero attached hydrogens (tertiary/aromatic N) is 2. The van der Waals surface area contributed by atoms with Gasteiger partial charge in [0.25, 0.3) is 0 Å². The average Bonchev–Trinajstić information content (AvgIpc) is 3.01. The highest BCUT2D eigenvalue weighted by Crippen LogP contribution is 2.26. The lowest BCUT2D eigenvalue weighted by atomic mass is 9.98. The van der Waals surface area contributed by atoms with Crippen LogP contribution in [0.3, 0.4) is 0 Å². The van der Waals surface area contributed by atoms with Gasteiger partial charge in [-0.05, 0) is 24.9 Å². The van der Waals surface area contributed by atoms with Crippen LogP contribution in [0.2, 0.25) is 0 Å². The molecule has 1 fully saturated rings. The van der Waals surface area contributed by atoms with Crippen LogP contribution >= 0.6 is 0 Å². The lowest BCUT2D eigenvalue weighted by molar-refractivity contribution is 0.337. The molecule has 0 spiro atoms. The van der Waals surface area contributed by atoms with Gasteiger partial charge in [-0.2, -0.15) is 4.98 Å². The molecule has 0 amide bonds. The predicted molar refractivity (Wildman–Crippen MR) is 73.1 cm³/mol. The largest absolute Gasteiger partial charge is 0.339 e. The van der Waals surface area contributed by atoms with Crippen LogP contribution in [0.25, 0.3) is 0 Å². The molecule has 0 aliphatic carbocycles. The maximum atomic E-state index is 5.41. The van der Waals surface area contributed by atoms with Crippen molar-refractivity contribution in [2.75, 3.05) is 13.1 Å². The van der Waals surface area contributed by atoms with Crippen molar-refractivity contribution in [3.8, 4) is 0 Å². The van der Waals surface area contributed by atoms with Gasteiger partial charge in [-0.1, -0.05) is 41.9 Å². The Hall–Kier alpha value is -1.68. The molecule has 100 valence electrons. The first kappa shape index (κ1) is 12.4. The van der Waals surface area contributed by atoms with Crippen molar-refractivity contribution in [3.05, 3.63) is 47.1 Å². The van der Waals surface area contributed by atoms with Crippen LogP contribution in [-0.2, 0) is 6.42 Å². The third-order valence-electron chi connectivity index (χ3n) is 3.80. The van der Waals surface area contributed by atoms with Crippen LogP contribution in [0.15, 0.2) is 28.8 Å². The molecule has 2 aromatic rings. The number of aryl methyl sites for hydroxylation is 1. The summed E-state index contributed by atoms with van der Waals surface area (Å²) in [5.41, 5.74) is 2.49. The Morgan fingerprint density at radius 1 is 1.26 bits per heavy atom. The van der Waals surface area contributed by atoms with E-state index in [9.17, 15) is 0 Å². The maximum Gasteiger partial charge on any atom is 0.231 e. The highest BCUT2D eigenvalue weighted by molar-refractivity contribution is 5.23. The lowest BCUT2D eigenvalue weighted by Crippen LogP contribution is -2.08. The van der Waals surface area contributed by atoms with Gasteiger partial charge >= 0.3 is 0 Å². The molecule has 0 bridgehead atoms. The van der Waals surface area contributed by atoms with Crippen LogP contribution < -0.4 is 5.32 Å². The van der Waals surface area contributed by atoms with E-state index in [4.69, 9.17) is 4.52 Å². The highest BCUT2D eigenvalue weighted by atomic mass is 16.5. The standard InChI is InChI=1S/C15H19N3O/c1-10-3-5-12(6-4-10)7-14-17-15(19-18-14)13-9-16-8-11(13)2/h3-6,11,13,16H,7-9H2,1-2H3/t11-,13-/m1/s1. The first-order chi connectivity index (χ1) is 9.22. The molecule has 4 nitrogen and oxygen atoms in total. The summed E-state index contributed by atoms with van der Waals surface area (Å²) in [4.78, 5) is 4.54. The van der Waals surface area contributed by atoms with E-state index in [-0.39, 0.29) is 0 Å². The van der Waals surface area contributed by atoms with Crippen LogP contribution in [0, 0.1) is 12.8 Å². The van der Waals surface area contributed by atoms with Crippen LogP contribution in [0.5, 0.6) is 0 Å². The second kappa shape index (κ2) is 5.13. The van der Waals surface area contributed by atoms with Crippen molar-refractivity contribution < 1.29 is 4.52 Å². The van der Waals surface area contributed by atoms with Gasteiger partial charge in [0.05, 0.1) is 5.92 Å². The maximum absolute atomic E-state index is 5.41. The van der Waals surface area contributed by atoms with Crippen molar-refractivity contribution in [3.63, 3.8) is 0 Å². The van der Waals surface area contributed by atoms with E-state index < -0.39 is 0 Å². The third kappa shape index (κ3) is 2.68. The molecule has 0 saturated carbocycles. The van der Waals surface area contributed by atoms with Gasteiger partial charge < -0.3 is 9.84 Å². The van der Waals surface area contributed by atoms with Crippen molar-refractivity contribution in [1.82, 2.24) is 15.5 Å². The van der Waals surface area contributed by atoms with E-state index in [2.05, 4.69) is 53.6 Å². The topological polar surface area (TPSA) is 51.0 Å². The Morgan fingerprint density at radius 3 is 2.74 bits per heavy atom. The van der Waals surface area contributed by atoms with Crippen molar-refractivity contribution in [2.24, 2.45) is 5.92 Å². The van der Waals surface area contributed by atoms with E-state index in [0.29, 0.717) is 11.8 Å². The molecule has 0 radical (unpaired) electrons. The molecule has 2 atom stereocenters. The molecule has 1 aliphatic heterocycles. The monoisotopic (exact) mass is 257 g/mol. The van der Waals surface area contributed by atoms with Crippen LogP contribution in [0.4, 0.5) is 0 Å². The van der Waals surface area contributed by atoms with Gasteiger partial charge in [0.1, 0.15) is 0 Å². The Balaban J connectivity index is 1.72. The summed E-state index contributed by atoms with van der Waals surface area (Å²) in [5, 5.41) is 7.46. The summed E-state index contributed by atoms with van der Waals surface area (Å²) in [5.74, 6) is 2.48. The summed E-state index contributed by atoms with van der Waals surface area (Å²) in [6.45, 7) is 6.27. The third-order valence-corrected chi connectivity index (χ3v) is 3.80. The summed E-state index contributed by atoms with van der Waals surface area (Å²) in [7, 11) is 0. The van der Waals surface area contributed by atoms with E-state index in [0.717, 1.165) is 31.2 Å². The molecular weight excluding hydrogens is 238 g/mol. The summed E-state index contributed by atoms with van der Waals surface area (Å²) in [6, 6.07) is 8.45. The molecule has 4 heteroatoms. The SMILES string of the molecule is Cc1ccc(Cc2noc([C@@H]3CNC[C@H]3C)n2)cc1. The summed E-state index contributed by atoms with van der Waals surface area (Å²) < 4.78 is 5.41. The van der Waals surface area contributed by atoms with E-state index >= 15 is 0 Å². The highest BCUT2D eigenvalue weighted by Gasteiger charge is 2.29. The first-order valence-electron chi connectivity index (χ1n) is 6.81. The van der Waals surface area contributed by atoms with Crippen LogP contribution in [-0.4, -0.2) is 23.2 Å². The quantitative estimate of drug-likeness (QED) is 0.916. The molecule has 0 unspecified atom stereocenters. The zero-order valence-corrected chi connectivity index (χ0v) is 11.4. The van der Waals surface area contributed by atoms with E-state index in [1.165, 1.54) is 11.1 Å². The Labute approximate surface area is 113 Å². The van der Waals surface area contributed by atoms with E-state index in [1.54, 1.807) is 0 Å².